The molecule has 6 heteroatoms. The molecular formula is C8H9ClN2O3. The number of hydrogen-bond acceptors (Lipinski definition) is 4. The van der Waals surface area contributed by atoms with Crippen molar-refractivity contribution < 1.29 is 10.0 Å². The highest BCUT2D eigenvalue weighted by molar-refractivity contribution is 6.31. The van der Waals surface area contributed by atoms with E-state index in [-0.39, 0.29) is 17.3 Å². The van der Waals surface area contributed by atoms with Crippen molar-refractivity contribution in [3.63, 3.8) is 0 Å². The first-order valence-corrected chi connectivity index (χ1v) is 4.23. The summed E-state index contributed by atoms with van der Waals surface area (Å²) in [5.74, 6) is 0. The van der Waals surface area contributed by atoms with Gasteiger partial charge in [0.05, 0.1) is 11.5 Å². The average molecular weight is 217 g/mol. The van der Waals surface area contributed by atoms with E-state index < -0.39 is 4.92 Å². The maximum absolute atomic E-state index is 10.6. The van der Waals surface area contributed by atoms with E-state index >= 15 is 0 Å². The summed E-state index contributed by atoms with van der Waals surface area (Å²) in [5.41, 5.74) is 0.567. The molecule has 0 saturated heterocycles. The molecule has 5 nitrogen and oxygen atoms in total. The molecule has 0 fully saturated rings. The zero-order valence-corrected chi connectivity index (χ0v) is 8.21. The molecule has 0 heterocycles. The molecule has 1 rings (SSSR count). The quantitative estimate of drug-likeness (QED) is 0.597. The van der Waals surface area contributed by atoms with Gasteiger partial charge < -0.3 is 10.4 Å². The van der Waals surface area contributed by atoms with Gasteiger partial charge in [0.2, 0.25) is 0 Å². The van der Waals surface area contributed by atoms with Crippen LogP contribution in [-0.2, 0) is 6.61 Å². The van der Waals surface area contributed by atoms with Gasteiger partial charge >= 0.3 is 0 Å². The van der Waals surface area contributed by atoms with Crippen molar-refractivity contribution >= 4 is 23.0 Å². The van der Waals surface area contributed by atoms with Crippen LogP contribution in [-0.4, -0.2) is 17.1 Å². The molecule has 2 N–H and O–H groups in total. The number of hydrogen-bond donors (Lipinski definition) is 2. The molecule has 0 aliphatic rings. The lowest BCUT2D eigenvalue weighted by Gasteiger charge is -2.07. The van der Waals surface area contributed by atoms with Crippen LogP contribution in [0.4, 0.5) is 11.4 Å². The summed E-state index contributed by atoms with van der Waals surface area (Å²) in [6.07, 6.45) is 0. The second kappa shape index (κ2) is 4.26. The zero-order valence-electron chi connectivity index (χ0n) is 7.45. The summed E-state index contributed by atoms with van der Waals surface area (Å²) >= 11 is 5.66. The van der Waals surface area contributed by atoms with Gasteiger partial charge in [-0.15, -0.1) is 0 Å². The van der Waals surface area contributed by atoms with Crippen LogP contribution in [0.1, 0.15) is 5.56 Å². The molecule has 0 amide bonds. The Bertz CT molecular complexity index is 368. The highest BCUT2D eigenvalue weighted by Crippen LogP contribution is 2.31. The molecule has 0 bridgehead atoms. The highest BCUT2D eigenvalue weighted by Gasteiger charge is 2.17. The number of nitrogens with one attached hydrogen (secondary N) is 1. The predicted molar refractivity (Wildman–Crippen MR) is 53.6 cm³/mol. The summed E-state index contributed by atoms with van der Waals surface area (Å²) in [7, 11) is 1.55. The van der Waals surface area contributed by atoms with Crippen molar-refractivity contribution in [3.8, 4) is 0 Å². The number of nitro groups is 1. The Morgan fingerprint density at radius 2 is 2.29 bits per heavy atom. The van der Waals surface area contributed by atoms with Crippen molar-refractivity contribution in [3.05, 3.63) is 32.8 Å². The standard InChI is InChI=1S/C8H9ClN2O3/c1-10-8-5(4-12)2-6(9)3-7(8)11(13)14/h2-3,10,12H,4H2,1H3. The number of halogens is 1. The first kappa shape index (κ1) is 10.7. The molecule has 0 saturated carbocycles. The van der Waals surface area contributed by atoms with Gasteiger partial charge in [-0.25, -0.2) is 0 Å². The van der Waals surface area contributed by atoms with Gasteiger partial charge in [-0.1, -0.05) is 11.6 Å². The van der Waals surface area contributed by atoms with Gasteiger partial charge in [0.1, 0.15) is 5.69 Å². The van der Waals surface area contributed by atoms with Gasteiger partial charge in [-0.05, 0) is 6.07 Å². The minimum absolute atomic E-state index is 0.135. The van der Waals surface area contributed by atoms with Crippen molar-refractivity contribution in [2.24, 2.45) is 0 Å². The first-order valence-electron chi connectivity index (χ1n) is 3.85. The molecule has 1 aromatic rings. The van der Waals surface area contributed by atoms with Crippen LogP contribution in [0.15, 0.2) is 12.1 Å². The van der Waals surface area contributed by atoms with Crippen LogP contribution < -0.4 is 5.32 Å². The number of anilines is 1. The van der Waals surface area contributed by atoms with Crippen molar-refractivity contribution in [1.82, 2.24) is 0 Å². The summed E-state index contributed by atoms with van der Waals surface area (Å²) in [6.45, 7) is -0.294. The summed E-state index contributed by atoms with van der Waals surface area (Å²) in [6, 6.07) is 2.73. The van der Waals surface area contributed by atoms with E-state index in [9.17, 15) is 10.1 Å². The summed E-state index contributed by atoms with van der Waals surface area (Å²) in [5, 5.41) is 22.5. The minimum Gasteiger partial charge on any atom is -0.392 e. The number of benzene rings is 1. The fraction of sp³-hybridized carbons (Fsp3) is 0.250. The summed E-state index contributed by atoms with van der Waals surface area (Å²) in [4.78, 5) is 10.1. The third-order valence-electron chi connectivity index (χ3n) is 1.78. The molecule has 14 heavy (non-hydrogen) atoms. The molecule has 0 radical (unpaired) electrons. The maximum Gasteiger partial charge on any atom is 0.294 e. The van der Waals surface area contributed by atoms with E-state index in [2.05, 4.69) is 5.32 Å². The largest absolute Gasteiger partial charge is 0.392 e. The highest BCUT2D eigenvalue weighted by atomic mass is 35.5. The second-order valence-electron chi connectivity index (χ2n) is 2.62. The minimum atomic E-state index is -0.545. The molecule has 76 valence electrons. The number of aliphatic hydroxyl groups is 1. The fourth-order valence-corrected chi connectivity index (χ4v) is 1.44. The third-order valence-corrected chi connectivity index (χ3v) is 2.00. The molecular weight excluding hydrogens is 208 g/mol. The van der Waals surface area contributed by atoms with Gasteiger partial charge in [0.25, 0.3) is 5.69 Å². The van der Waals surface area contributed by atoms with Crippen LogP contribution in [0.5, 0.6) is 0 Å². The topological polar surface area (TPSA) is 75.4 Å². The van der Waals surface area contributed by atoms with E-state index in [1.54, 1.807) is 7.05 Å². The van der Waals surface area contributed by atoms with E-state index in [0.29, 0.717) is 11.3 Å². The van der Waals surface area contributed by atoms with Crippen molar-refractivity contribution in [2.45, 2.75) is 6.61 Å². The van der Waals surface area contributed by atoms with Crippen LogP contribution >= 0.6 is 11.6 Å². The molecule has 0 atom stereocenters. The Balaban J connectivity index is 3.39. The molecule has 1 aromatic carbocycles. The zero-order chi connectivity index (χ0) is 10.7. The smallest absolute Gasteiger partial charge is 0.294 e. The lowest BCUT2D eigenvalue weighted by Crippen LogP contribution is -2.01. The Morgan fingerprint density at radius 3 is 2.71 bits per heavy atom. The molecule has 0 aliphatic carbocycles. The molecule has 0 unspecified atom stereocenters. The SMILES string of the molecule is CNc1c(CO)cc(Cl)cc1[N+](=O)[O-]. The lowest BCUT2D eigenvalue weighted by molar-refractivity contribution is -0.384. The van der Waals surface area contributed by atoms with Gasteiger partial charge in [0, 0.05) is 23.7 Å². The fourth-order valence-electron chi connectivity index (χ4n) is 1.20. The van der Waals surface area contributed by atoms with Crippen molar-refractivity contribution in [1.29, 1.82) is 0 Å². The molecule has 0 aliphatic heterocycles. The number of rotatable bonds is 3. The van der Waals surface area contributed by atoms with E-state index in [4.69, 9.17) is 16.7 Å². The molecule has 0 spiro atoms. The Morgan fingerprint density at radius 1 is 1.64 bits per heavy atom. The van der Waals surface area contributed by atoms with E-state index in [1.165, 1.54) is 12.1 Å². The first-order chi connectivity index (χ1) is 6.60. The normalized spacial score (nSPS) is 9.93. The maximum atomic E-state index is 10.6. The van der Waals surface area contributed by atoms with E-state index in [0.717, 1.165) is 0 Å². The van der Waals surface area contributed by atoms with Crippen LogP contribution in [0, 0.1) is 10.1 Å². The van der Waals surface area contributed by atoms with Crippen LogP contribution in [0.25, 0.3) is 0 Å². The number of nitrogens with zero attached hydrogens (tertiary/aromatic N) is 1. The Hall–Kier alpha value is -1.33. The van der Waals surface area contributed by atoms with Crippen LogP contribution in [0.3, 0.4) is 0 Å². The summed E-state index contributed by atoms with van der Waals surface area (Å²) < 4.78 is 0. The van der Waals surface area contributed by atoms with Gasteiger partial charge in [0.15, 0.2) is 0 Å². The van der Waals surface area contributed by atoms with Crippen LogP contribution in [0.2, 0.25) is 5.02 Å². The monoisotopic (exact) mass is 216 g/mol. The Kier molecular flexibility index (Phi) is 3.27. The lowest BCUT2D eigenvalue weighted by atomic mass is 10.1. The van der Waals surface area contributed by atoms with E-state index in [1.807, 2.05) is 0 Å². The number of aliphatic hydroxyl groups excluding tert-OH is 1. The predicted octanol–water partition coefficient (Wildman–Crippen LogP) is 1.78. The van der Waals surface area contributed by atoms with Gasteiger partial charge in [-0.3, -0.25) is 10.1 Å². The number of nitro benzene ring substituents is 1. The van der Waals surface area contributed by atoms with Gasteiger partial charge in [-0.2, -0.15) is 0 Å². The molecule has 0 aromatic heterocycles. The Labute approximate surface area is 85.5 Å². The third kappa shape index (κ3) is 1.94. The second-order valence-corrected chi connectivity index (χ2v) is 3.06. The average Bonchev–Trinajstić information content (AvgIpc) is 2.16. The van der Waals surface area contributed by atoms with Crippen molar-refractivity contribution in [2.75, 3.05) is 12.4 Å².